The molecule has 0 aliphatic carbocycles. The van der Waals surface area contributed by atoms with E-state index in [1.165, 1.54) is 12.8 Å². The lowest BCUT2D eigenvalue weighted by Gasteiger charge is -2.07. The molecule has 0 saturated carbocycles. The van der Waals surface area contributed by atoms with Crippen LogP contribution >= 0.6 is 0 Å². The van der Waals surface area contributed by atoms with Gasteiger partial charge in [-0.15, -0.1) is 0 Å². The molecule has 0 saturated heterocycles. The third kappa shape index (κ3) is 4.96. The van der Waals surface area contributed by atoms with E-state index in [-0.39, 0.29) is 11.8 Å². The van der Waals surface area contributed by atoms with Gasteiger partial charge in [-0.2, -0.15) is 0 Å². The highest BCUT2D eigenvalue weighted by Crippen LogP contribution is 2.03. The van der Waals surface area contributed by atoms with Crippen LogP contribution in [0.1, 0.15) is 46.0 Å². The fourth-order valence-corrected chi connectivity index (χ4v) is 1.04. The van der Waals surface area contributed by atoms with Gasteiger partial charge in [-0.05, 0) is 6.42 Å². The molecule has 1 atom stereocenters. The zero-order chi connectivity index (χ0) is 8.69. The van der Waals surface area contributed by atoms with Gasteiger partial charge in [0.15, 0.2) is 0 Å². The van der Waals surface area contributed by atoms with Crippen molar-refractivity contribution in [3.05, 3.63) is 0 Å². The summed E-state index contributed by atoms with van der Waals surface area (Å²) in [6, 6.07) is -0.202. The molecule has 2 N–H and O–H groups in total. The van der Waals surface area contributed by atoms with Crippen molar-refractivity contribution in [2.75, 3.05) is 0 Å². The zero-order valence-corrected chi connectivity index (χ0v) is 7.60. The standard InChI is InChI=1S/C9H19NO/c1-3-5-6-7-8(10)9(11)4-2/h8H,3-7,10H2,1-2H3. The normalized spacial score (nSPS) is 13.0. The third-order valence-corrected chi connectivity index (χ3v) is 1.88. The Morgan fingerprint density at radius 2 is 2.00 bits per heavy atom. The Balaban J connectivity index is 3.36. The van der Waals surface area contributed by atoms with Crippen molar-refractivity contribution < 1.29 is 4.79 Å². The largest absolute Gasteiger partial charge is 0.322 e. The van der Waals surface area contributed by atoms with E-state index in [9.17, 15) is 4.79 Å². The van der Waals surface area contributed by atoms with Crippen molar-refractivity contribution >= 4 is 5.78 Å². The quantitative estimate of drug-likeness (QED) is 0.598. The number of ketones is 1. The minimum atomic E-state index is -0.202. The molecule has 0 aromatic carbocycles. The van der Waals surface area contributed by atoms with Crippen molar-refractivity contribution in [3.63, 3.8) is 0 Å². The number of Topliss-reactive ketones (excluding diaryl/α,β-unsaturated/α-hetero) is 1. The first-order chi connectivity index (χ1) is 5.22. The average molecular weight is 157 g/mol. The fourth-order valence-electron chi connectivity index (χ4n) is 1.04. The molecule has 0 bridgehead atoms. The van der Waals surface area contributed by atoms with E-state index < -0.39 is 0 Å². The first kappa shape index (κ1) is 10.6. The van der Waals surface area contributed by atoms with Crippen LogP contribution in [0.4, 0.5) is 0 Å². The molecule has 0 spiro atoms. The van der Waals surface area contributed by atoms with Gasteiger partial charge in [0, 0.05) is 6.42 Å². The van der Waals surface area contributed by atoms with Crippen LogP contribution < -0.4 is 5.73 Å². The van der Waals surface area contributed by atoms with Crippen LogP contribution in [0.15, 0.2) is 0 Å². The molecular weight excluding hydrogens is 138 g/mol. The predicted octanol–water partition coefficient (Wildman–Crippen LogP) is 1.87. The second-order valence-corrected chi connectivity index (χ2v) is 2.92. The van der Waals surface area contributed by atoms with Gasteiger partial charge in [0.1, 0.15) is 5.78 Å². The van der Waals surface area contributed by atoms with Crippen LogP contribution in [0.2, 0.25) is 0 Å². The predicted molar refractivity (Wildman–Crippen MR) is 47.4 cm³/mol. The molecular formula is C9H19NO. The topological polar surface area (TPSA) is 43.1 Å². The lowest BCUT2D eigenvalue weighted by Crippen LogP contribution is -2.29. The number of carbonyl (C=O) groups is 1. The second kappa shape index (κ2) is 6.35. The Hall–Kier alpha value is -0.370. The molecule has 0 rings (SSSR count). The van der Waals surface area contributed by atoms with Gasteiger partial charge in [-0.25, -0.2) is 0 Å². The molecule has 0 aliphatic heterocycles. The minimum absolute atomic E-state index is 0.195. The van der Waals surface area contributed by atoms with Crippen LogP contribution in [-0.4, -0.2) is 11.8 Å². The molecule has 66 valence electrons. The van der Waals surface area contributed by atoms with E-state index in [4.69, 9.17) is 5.73 Å². The highest BCUT2D eigenvalue weighted by atomic mass is 16.1. The summed E-state index contributed by atoms with van der Waals surface area (Å²) in [4.78, 5) is 11.0. The summed E-state index contributed by atoms with van der Waals surface area (Å²) >= 11 is 0. The van der Waals surface area contributed by atoms with Crippen LogP contribution in [0.25, 0.3) is 0 Å². The number of unbranched alkanes of at least 4 members (excludes halogenated alkanes) is 2. The summed E-state index contributed by atoms with van der Waals surface area (Å²) in [7, 11) is 0. The molecule has 0 fully saturated rings. The van der Waals surface area contributed by atoms with Gasteiger partial charge in [0.2, 0.25) is 0 Å². The SMILES string of the molecule is CCCCCC(N)C(=O)CC. The first-order valence-corrected chi connectivity index (χ1v) is 4.50. The third-order valence-electron chi connectivity index (χ3n) is 1.88. The molecule has 0 aromatic heterocycles. The van der Waals surface area contributed by atoms with E-state index in [1.807, 2.05) is 6.92 Å². The van der Waals surface area contributed by atoms with E-state index in [0.717, 1.165) is 12.8 Å². The van der Waals surface area contributed by atoms with Crippen LogP contribution in [0, 0.1) is 0 Å². The molecule has 11 heavy (non-hydrogen) atoms. The number of hydrogen-bond donors (Lipinski definition) is 1. The van der Waals surface area contributed by atoms with Gasteiger partial charge in [-0.1, -0.05) is 33.1 Å². The number of carbonyl (C=O) groups excluding carboxylic acids is 1. The molecule has 0 aliphatic rings. The molecule has 0 radical (unpaired) electrons. The molecule has 2 nitrogen and oxygen atoms in total. The summed E-state index contributed by atoms with van der Waals surface area (Å²) in [6.07, 6.45) is 4.90. The number of hydrogen-bond acceptors (Lipinski definition) is 2. The summed E-state index contributed by atoms with van der Waals surface area (Å²) < 4.78 is 0. The Kier molecular flexibility index (Phi) is 6.13. The van der Waals surface area contributed by atoms with Gasteiger partial charge < -0.3 is 5.73 Å². The lowest BCUT2D eigenvalue weighted by molar-refractivity contribution is -0.120. The Morgan fingerprint density at radius 1 is 1.36 bits per heavy atom. The highest BCUT2D eigenvalue weighted by Gasteiger charge is 2.09. The summed E-state index contributed by atoms with van der Waals surface area (Å²) in [5.74, 6) is 0.195. The van der Waals surface area contributed by atoms with Gasteiger partial charge in [0.25, 0.3) is 0 Å². The monoisotopic (exact) mass is 157 g/mol. The van der Waals surface area contributed by atoms with Crippen LogP contribution in [0.5, 0.6) is 0 Å². The molecule has 1 unspecified atom stereocenters. The highest BCUT2D eigenvalue weighted by molar-refractivity contribution is 5.83. The number of rotatable bonds is 6. The van der Waals surface area contributed by atoms with E-state index >= 15 is 0 Å². The van der Waals surface area contributed by atoms with Crippen LogP contribution in [0.3, 0.4) is 0 Å². The second-order valence-electron chi connectivity index (χ2n) is 2.92. The Labute approximate surface area is 69.2 Å². The maximum Gasteiger partial charge on any atom is 0.149 e. The van der Waals surface area contributed by atoms with Gasteiger partial charge >= 0.3 is 0 Å². The van der Waals surface area contributed by atoms with Gasteiger partial charge in [0.05, 0.1) is 6.04 Å². The maximum atomic E-state index is 11.0. The van der Waals surface area contributed by atoms with Crippen molar-refractivity contribution in [2.45, 2.75) is 52.0 Å². The van der Waals surface area contributed by atoms with E-state index in [0.29, 0.717) is 6.42 Å². The van der Waals surface area contributed by atoms with E-state index in [2.05, 4.69) is 6.92 Å². The molecule has 0 amide bonds. The molecule has 0 aromatic rings. The lowest BCUT2D eigenvalue weighted by atomic mass is 10.0. The van der Waals surface area contributed by atoms with Crippen LogP contribution in [-0.2, 0) is 4.79 Å². The smallest absolute Gasteiger partial charge is 0.149 e. The summed E-state index contributed by atoms with van der Waals surface area (Å²) in [6.45, 7) is 4.01. The van der Waals surface area contributed by atoms with Gasteiger partial charge in [-0.3, -0.25) is 4.79 Å². The van der Waals surface area contributed by atoms with E-state index in [1.54, 1.807) is 0 Å². The van der Waals surface area contributed by atoms with Crippen molar-refractivity contribution in [1.29, 1.82) is 0 Å². The Bertz CT molecular complexity index is 112. The summed E-state index contributed by atoms with van der Waals surface area (Å²) in [5, 5.41) is 0. The average Bonchev–Trinajstić information content (AvgIpc) is 2.03. The summed E-state index contributed by atoms with van der Waals surface area (Å²) in [5.41, 5.74) is 5.62. The molecule has 2 heteroatoms. The Morgan fingerprint density at radius 3 is 2.45 bits per heavy atom. The number of nitrogens with two attached hydrogens (primary N) is 1. The van der Waals surface area contributed by atoms with Crippen molar-refractivity contribution in [3.8, 4) is 0 Å². The fraction of sp³-hybridized carbons (Fsp3) is 0.889. The van der Waals surface area contributed by atoms with Crippen molar-refractivity contribution in [2.24, 2.45) is 5.73 Å². The van der Waals surface area contributed by atoms with Crippen molar-refractivity contribution in [1.82, 2.24) is 0 Å². The maximum absolute atomic E-state index is 11.0. The molecule has 0 heterocycles. The zero-order valence-electron chi connectivity index (χ0n) is 7.60. The minimum Gasteiger partial charge on any atom is -0.322 e. The first-order valence-electron chi connectivity index (χ1n) is 4.50.